The highest BCUT2D eigenvalue weighted by atomic mass is 79.9. The number of aromatic amines is 1. The van der Waals surface area contributed by atoms with E-state index in [1.54, 1.807) is 0 Å². The second-order valence-corrected chi connectivity index (χ2v) is 5.93. The molecule has 21 heavy (non-hydrogen) atoms. The summed E-state index contributed by atoms with van der Waals surface area (Å²) in [6.07, 6.45) is 1.90. The number of hydrogen-bond acceptors (Lipinski definition) is 1. The third-order valence-corrected chi connectivity index (χ3v) is 4.11. The highest BCUT2D eigenvalue weighted by Gasteiger charge is 2.24. The van der Waals surface area contributed by atoms with Crippen molar-refractivity contribution in [2.24, 2.45) is 0 Å². The number of anilines is 1. The molecule has 0 bridgehead atoms. The second kappa shape index (κ2) is 4.60. The van der Waals surface area contributed by atoms with Gasteiger partial charge in [0.15, 0.2) is 0 Å². The molecule has 2 aromatic carbocycles. The number of hydrogen-bond donors (Lipinski definition) is 2. The second-order valence-electron chi connectivity index (χ2n) is 5.01. The van der Waals surface area contributed by atoms with Crippen LogP contribution in [0.4, 0.5) is 5.69 Å². The lowest BCUT2D eigenvalue weighted by molar-refractivity contribution is -0.110. The largest absolute Gasteiger partial charge is 0.355 e. The molecule has 102 valence electrons. The normalized spacial score (nSPS) is 15.5. The molecule has 2 N–H and O–H groups in total. The molecule has 3 aromatic rings. The summed E-state index contributed by atoms with van der Waals surface area (Å²) in [5.74, 6) is -0.0678. The van der Waals surface area contributed by atoms with Gasteiger partial charge in [0, 0.05) is 26.9 Å². The van der Waals surface area contributed by atoms with Gasteiger partial charge in [-0.2, -0.15) is 0 Å². The van der Waals surface area contributed by atoms with Crippen molar-refractivity contribution in [2.45, 2.75) is 0 Å². The molecular weight excluding hydrogens is 328 g/mol. The van der Waals surface area contributed by atoms with Gasteiger partial charge in [0.1, 0.15) is 0 Å². The molecule has 3 nitrogen and oxygen atoms in total. The number of halogens is 1. The number of aromatic nitrogens is 1. The first-order valence-corrected chi connectivity index (χ1v) is 7.41. The van der Waals surface area contributed by atoms with Crippen LogP contribution in [0.3, 0.4) is 0 Å². The van der Waals surface area contributed by atoms with Gasteiger partial charge in [0.2, 0.25) is 0 Å². The minimum atomic E-state index is -0.0678. The topological polar surface area (TPSA) is 44.9 Å². The molecular formula is C17H11BrN2O. The van der Waals surface area contributed by atoms with Crippen LogP contribution in [-0.4, -0.2) is 10.9 Å². The minimum absolute atomic E-state index is 0.0678. The number of fused-ring (bicyclic) bond motifs is 2. The van der Waals surface area contributed by atoms with Crippen LogP contribution in [0.25, 0.3) is 22.6 Å². The Morgan fingerprint density at radius 3 is 2.76 bits per heavy atom. The molecule has 0 atom stereocenters. The summed E-state index contributed by atoms with van der Waals surface area (Å²) in [6, 6.07) is 15.9. The Kier molecular flexibility index (Phi) is 2.72. The maximum absolute atomic E-state index is 12.2. The lowest BCUT2D eigenvalue weighted by atomic mass is 10.1. The van der Waals surface area contributed by atoms with E-state index in [-0.39, 0.29) is 5.91 Å². The molecule has 0 radical (unpaired) electrons. The molecule has 4 rings (SSSR count). The highest BCUT2D eigenvalue weighted by Crippen LogP contribution is 2.35. The van der Waals surface area contributed by atoms with E-state index in [9.17, 15) is 4.79 Å². The summed E-state index contributed by atoms with van der Waals surface area (Å²) in [7, 11) is 0. The average Bonchev–Trinajstić information content (AvgIpc) is 3.01. The van der Waals surface area contributed by atoms with Gasteiger partial charge in [-0.25, -0.2) is 0 Å². The predicted octanol–water partition coefficient (Wildman–Crippen LogP) is 4.42. The summed E-state index contributed by atoms with van der Waals surface area (Å²) in [4.78, 5) is 15.5. The van der Waals surface area contributed by atoms with Crippen LogP contribution in [0.5, 0.6) is 0 Å². The Balaban J connectivity index is 1.86. The number of carbonyl (C=O) groups excluding carboxylic acids is 1. The van der Waals surface area contributed by atoms with Crippen molar-refractivity contribution in [3.63, 3.8) is 0 Å². The number of carbonyl (C=O) groups is 1. The van der Waals surface area contributed by atoms with Crippen LogP contribution in [0, 0.1) is 0 Å². The SMILES string of the molecule is O=C1Nc2ccc(Br)cc2C1=Cc1cc2ccccc2[nH]1. The van der Waals surface area contributed by atoms with E-state index in [1.807, 2.05) is 54.6 Å². The van der Waals surface area contributed by atoms with Gasteiger partial charge in [-0.15, -0.1) is 0 Å². The van der Waals surface area contributed by atoms with Gasteiger partial charge in [0.25, 0.3) is 5.91 Å². The fraction of sp³-hybridized carbons (Fsp3) is 0. The number of para-hydroxylation sites is 1. The summed E-state index contributed by atoms with van der Waals surface area (Å²) >= 11 is 3.45. The third kappa shape index (κ3) is 2.08. The smallest absolute Gasteiger partial charge is 0.256 e. The van der Waals surface area contributed by atoms with Crippen molar-refractivity contribution in [1.82, 2.24) is 4.98 Å². The van der Waals surface area contributed by atoms with Crippen LogP contribution < -0.4 is 5.32 Å². The number of rotatable bonds is 1. The predicted molar refractivity (Wildman–Crippen MR) is 88.9 cm³/mol. The zero-order chi connectivity index (χ0) is 14.4. The molecule has 0 saturated heterocycles. The van der Waals surface area contributed by atoms with Crippen LogP contribution >= 0.6 is 15.9 Å². The Labute approximate surface area is 129 Å². The fourth-order valence-corrected chi connectivity index (χ4v) is 2.99. The first-order valence-electron chi connectivity index (χ1n) is 6.61. The van der Waals surface area contributed by atoms with Crippen LogP contribution in [-0.2, 0) is 4.79 Å². The molecule has 1 aromatic heterocycles. The van der Waals surface area contributed by atoms with Crippen LogP contribution in [0.1, 0.15) is 11.3 Å². The Morgan fingerprint density at radius 1 is 1.05 bits per heavy atom. The van der Waals surface area contributed by atoms with E-state index >= 15 is 0 Å². The lowest BCUT2D eigenvalue weighted by Crippen LogP contribution is -2.03. The van der Waals surface area contributed by atoms with E-state index in [0.29, 0.717) is 5.57 Å². The number of H-pyrrole nitrogens is 1. The number of nitrogens with one attached hydrogen (secondary N) is 2. The molecule has 1 aliphatic rings. The van der Waals surface area contributed by atoms with Crippen molar-refractivity contribution in [1.29, 1.82) is 0 Å². The van der Waals surface area contributed by atoms with E-state index in [2.05, 4.69) is 26.2 Å². The molecule has 2 heterocycles. The number of amides is 1. The molecule has 1 amide bonds. The molecule has 4 heteroatoms. The molecule has 0 unspecified atom stereocenters. The van der Waals surface area contributed by atoms with Crippen molar-refractivity contribution in [3.05, 3.63) is 64.3 Å². The summed E-state index contributed by atoms with van der Waals surface area (Å²) in [6.45, 7) is 0. The van der Waals surface area contributed by atoms with Gasteiger partial charge in [0.05, 0.1) is 5.57 Å². The first kappa shape index (κ1) is 12.4. The van der Waals surface area contributed by atoms with Gasteiger partial charge in [-0.1, -0.05) is 34.1 Å². The van der Waals surface area contributed by atoms with E-state index in [0.717, 1.165) is 32.3 Å². The van der Waals surface area contributed by atoms with E-state index in [4.69, 9.17) is 0 Å². The standard InChI is InChI=1S/C17H11BrN2O/c18-11-5-6-16-13(8-11)14(17(21)20-16)9-12-7-10-3-1-2-4-15(10)19-12/h1-9,19H,(H,20,21). The lowest BCUT2D eigenvalue weighted by Gasteiger charge is -1.98. The quantitative estimate of drug-likeness (QED) is 0.633. The summed E-state index contributed by atoms with van der Waals surface area (Å²) in [5.41, 5.74) is 4.45. The van der Waals surface area contributed by atoms with Crippen LogP contribution in [0.15, 0.2) is 53.0 Å². The zero-order valence-electron chi connectivity index (χ0n) is 11.0. The minimum Gasteiger partial charge on any atom is -0.355 e. The Bertz CT molecular complexity index is 875. The number of benzene rings is 2. The summed E-state index contributed by atoms with van der Waals surface area (Å²) in [5, 5.41) is 4.02. The maximum Gasteiger partial charge on any atom is 0.256 e. The average molecular weight is 339 g/mol. The third-order valence-electron chi connectivity index (χ3n) is 3.62. The molecule has 0 fully saturated rings. The van der Waals surface area contributed by atoms with Crippen molar-refractivity contribution >= 4 is 50.1 Å². The van der Waals surface area contributed by atoms with Crippen molar-refractivity contribution in [2.75, 3.05) is 5.32 Å². The Hall–Kier alpha value is -2.33. The molecule has 0 saturated carbocycles. The monoisotopic (exact) mass is 338 g/mol. The maximum atomic E-state index is 12.2. The van der Waals surface area contributed by atoms with Gasteiger partial charge < -0.3 is 10.3 Å². The van der Waals surface area contributed by atoms with E-state index < -0.39 is 0 Å². The van der Waals surface area contributed by atoms with Gasteiger partial charge >= 0.3 is 0 Å². The first-order chi connectivity index (χ1) is 10.2. The molecule has 0 spiro atoms. The van der Waals surface area contributed by atoms with Gasteiger partial charge in [-0.05, 0) is 41.8 Å². The highest BCUT2D eigenvalue weighted by molar-refractivity contribution is 9.10. The zero-order valence-corrected chi connectivity index (χ0v) is 12.6. The summed E-state index contributed by atoms with van der Waals surface area (Å²) < 4.78 is 0.959. The van der Waals surface area contributed by atoms with E-state index in [1.165, 1.54) is 0 Å². The van der Waals surface area contributed by atoms with Crippen molar-refractivity contribution < 1.29 is 4.79 Å². The molecule has 1 aliphatic heterocycles. The Morgan fingerprint density at radius 2 is 1.90 bits per heavy atom. The van der Waals surface area contributed by atoms with Gasteiger partial charge in [-0.3, -0.25) is 4.79 Å². The molecule has 0 aliphatic carbocycles. The van der Waals surface area contributed by atoms with Crippen molar-refractivity contribution in [3.8, 4) is 0 Å². The fourth-order valence-electron chi connectivity index (χ4n) is 2.63. The van der Waals surface area contributed by atoms with Crippen LogP contribution in [0.2, 0.25) is 0 Å².